The molecule has 0 saturated carbocycles. The summed E-state index contributed by atoms with van der Waals surface area (Å²) in [5, 5.41) is -5.27. The summed E-state index contributed by atoms with van der Waals surface area (Å²) in [6.07, 6.45) is -2.94. The van der Waals surface area contributed by atoms with E-state index in [0.717, 1.165) is 0 Å². The van der Waals surface area contributed by atoms with Crippen LogP contribution in [0.4, 0.5) is 26.3 Å². The molecule has 9 heteroatoms. The number of hydrogen-bond acceptors (Lipinski definition) is 2. The summed E-state index contributed by atoms with van der Waals surface area (Å²) in [7, 11) is 0. The molecule has 0 rings (SSSR count). The zero-order chi connectivity index (χ0) is 11.6. The Balaban J connectivity index is 5.46. The van der Waals surface area contributed by atoms with E-state index in [1.165, 1.54) is 0 Å². The normalized spacial score (nSPS) is 11.9. The van der Waals surface area contributed by atoms with Gasteiger partial charge in [-0.15, -0.1) is 0 Å². The molecule has 14 heavy (non-hydrogen) atoms. The maximum atomic E-state index is 12.3. The second kappa shape index (κ2) is 4.02. The molecular weight excluding hydrogens is 240 g/mol. The van der Waals surface area contributed by atoms with Crippen LogP contribution in [0.25, 0.3) is 0 Å². The van der Waals surface area contributed by atoms with E-state index in [9.17, 15) is 31.1 Å². The second-order valence-electron chi connectivity index (χ2n) is 1.88. The highest BCUT2D eigenvalue weighted by Crippen LogP contribution is 2.44. The lowest BCUT2D eigenvalue weighted by atomic mass is 10.2. The average Bonchev–Trinajstić information content (AvgIpc) is 1.96. The molecule has 0 amide bonds. The van der Waals surface area contributed by atoms with E-state index in [4.69, 9.17) is 0 Å². The number of allylic oxidation sites excluding steroid dienone is 1. The molecule has 0 spiro atoms. The molecule has 0 aliphatic rings. The zero-order valence-corrected chi connectivity index (χ0v) is 6.76. The van der Waals surface area contributed by atoms with Crippen molar-refractivity contribution in [2.75, 3.05) is 0 Å². The molecule has 0 aromatic heterocycles. The Morgan fingerprint density at radius 3 is 1.86 bits per heavy atom. The van der Waals surface area contributed by atoms with Gasteiger partial charge in [0, 0.05) is 0 Å². The maximum absolute atomic E-state index is 12.3. The van der Waals surface area contributed by atoms with Crippen LogP contribution in [0.2, 0.25) is 0 Å². The SMILES string of the molecule is O=C=NC(=C(F)F)C(F)(F)C(F)(F)Cl. The van der Waals surface area contributed by atoms with Crippen LogP contribution >= 0.6 is 11.6 Å². The van der Waals surface area contributed by atoms with Gasteiger partial charge in [0.15, 0.2) is 5.70 Å². The molecular formula is C5ClF6NO. The molecule has 2 nitrogen and oxygen atoms in total. The minimum Gasteiger partial charge on any atom is -0.211 e. The predicted octanol–water partition coefficient (Wildman–Crippen LogP) is 2.90. The average molecular weight is 240 g/mol. The van der Waals surface area contributed by atoms with Gasteiger partial charge in [-0.25, -0.2) is 4.79 Å². The van der Waals surface area contributed by atoms with Crippen molar-refractivity contribution < 1.29 is 31.1 Å². The summed E-state index contributed by atoms with van der Waals surface area (Å²) in [6.45, 7) is 0. The monoisotopic (exact) mass is 239 g/mol. The fourth-order valence-electron chi connectivity index (χ4n) is 0.411. The number of hydrogen-bond donors (Lipinski definition) is 0. The number of rotatable bonds is 3. The molecule has 0 aliphatic carbocycles. The van der Waals surface area contributed by atoms with Gasteiger partial charge in [-0.2, -0.15) is 31.3 Å². The predicted molar refractivity (Wildman–Crippen MR) is 33.1 cm³/mol. The Bertz CT molecular complexity index is 298. The molecule has 0 bridgehead atoms. The molecule has 0 radical (unpaired) electrons. The molecule has 0 aromatic rings. The van der Waals surface area contributed by atoms with E-state index >= 15 is 0 Å². The van der Waals surface area contributed by atoms with Crippen LogP contribution in [0.1, 0.15) is 0 Å². The quantitative estimate of drug-likeness (QED) is 0.322. The fraction of sp³-hybridized carbons (Fsp3) is 0.400. The first-order valence-electron chi connectivity index (χ1n) is 2.72. The van der Waals surface area contributed by atoms with E-state index in [1.54, 1.807) is 4.99 Å². The van der Waals surface area contributed by atoms with E-state index in [-0.39, 0.29) is 0 Å². The van der Waals surface area contributed by atoms with Crippen LogP contribution < -0.4 is 0 Å². The van der Waals surface area contributed by atoms with E-state index < -0.39 is 23.1 Å². The molecule has 0 atom stereocenters. The van der Waals surface area contributed by atoms with Crippen LogP contribution in [0.3, 0.4) is 0 Å². The minimum atomic E-state index is -5.44. The summed E-state index contributed by atoms with van der Waals surface area (Å²) in [5.41, 5.74) is -2.70. The summed E-state index contributed by atoms with van der Waals surface area (Å²) < 4.78 is 71.8. The van der Waals surface area contributed by atoms with Gasteiger partial charge < -0.3 is 0 Å². The van der Waals surface area contributed by atoms with Crippen LogP contribution in [-0.2, 0) is 4.79 Å². The van der Waals surface area contributed by atoms with E-state index in [0.29, 0.717) is 6.08 Å². The van der Waals surface area contributed by atoms with Gasteiger partial charge >= 0.3 is 11.3 Å². The van der Waals surface area contributed by atoms with Crippen molar-refractivity contribution in [1.29, 1.82) is 0 Å². The third kappa shape index (κ3) is 2.49. The van der Waals surface area contributed by atoms with Gasteiger partial charge in [-0.3, -0.25) is 0 Å². The van der Waals surface area contributed by atoms with Crippen molar-refractivity contribution in [2.24, 2.45) is 4.99 Å². The van der Waals surface area contributed by atoms with Crippen molar-refractivity contribution in [3.63, 3.8) is 0 Å². The van der Waals surface area contributed by atoms with Gasteiger partial charge in [-0.1, -0.05) is 0 Å². The Morgan fingerprint density at radius 2 is 1.64 bits per heavy atom. The van der Waals surface area contributed by atoms with Gasteiger partial charge in [0.05, 0.1) is 0 Å². The molecule has 0 fully saturated rings. The largest absolute Gasteiger partial charge is 0.390 e. The van der Waals surface area contributed by atoms with Gasteiger partial charge in [0.1, 0.15) is 0 Å². The number of nitrogens with zero attached hydrogens (tertiary/aromatic N) is 1. The third-order valence-corrected chi connectivity index (χ3v) is 1.23. The molecule has 0 aromatic carbocycles. The summed E-state index contributed by atoms with van der Waals surface area (Å²) in [5.74, 6) is -5.44. The number of aliphatic imine (C=N–C) groups is 1. The van der Waals surface area contributed by atoms with Crippen LogP contribution in [-0.4, -0.2) is 17.4 Å². The zero-order valence-electron chi connectivity index (χ0n) is 6.00. The first-order chi connectivity index (χ1) is 6.14. The highest BCUT2D eigenvalue weighted by molar-refractivity contribution is 6.22. The third-order valence-electron chi connectivity index (χ3n) is 0.990. The fourth-order valence-corrected chi connectivity index (χ4v) is 0.501. The Labute approximate surface area is 77.9 Å². The standard InChI is InChI=1S/C5ClF6NO/c6-5(11,12)4(9,10)2(3(7)8)13-1-14. The van der Waals surface area contributed by atoms with Crippen molar-refractivity contribution >= 4 is 17.7 Å². The summed E-state index contributed by atoms with van der Waals surface area (Å²) in [4.78, 5) is 11.2. The van der Waals surface area contributed by atoms with E-state index in [1.807, 2.05) is 0 Å². The second-order valence-corrected chi connectivity index (χ2v) is 2.36. The summed E-state index contributed by atoms with van der Waals surface area (Å²) >= 11 is 3.86. The lowest BCUT2D eigenvalue weighted by Gasteiger charge is -2.19. The van der Waals surface area contributed by atoms with Crippen LogP contribution in [0.5, 0.6) is 0 Å². The lowest BCUT2D eigenvalue weighted by molar-refractivity contribution is -0.133. The van der Waals surface area contributed by atoms with Crippen LogP contribution in [0, 0.1) is 0 Å². The minimum absolute atomic E-state index is 0.292. The van der Waals surface area contributed by atoms with Crippen molar-refractivity contribution in [2.45, 2.75) is 11.3 Å². The molecule has 0 aliphatic heterocycles. The van der Waals surface area contributed by atoms with Gasteiger partial charge in [0.2, 0.25) is 6.08 Å². The smallest absolute Gasteiger partial charge is 0.211 e. The molecule has 0 N–H and O–H groups in total. The first kappa shape index (κ1) is 13.0. The van der Waals surface area contributed by atoms with E-state index in [2.05, 4.69) is 11.6 Å². The van der Waals surface area contributed by atoms with Crippen molar-refractivity contribution in [3.05, 3.63) is 11.8 Å². The first-order valence-corrected chi connectivity index (χ1v) is 3.10. The molecule has 0 unspecified atom stereocenters. The maximum Gasteiger partial charge on any atom is 0.390 e. The molecule has 0 saturated heterocycles. The topological polar surface area (TPSA) is 29.4 Å². The highest BCUT2D eigenvalue weighted by atomic mass is 35.5. The molecule has 80 valence electrons. The number of halogens is 7. The summed E-state index contributed by atoms with van der Waals surface area (Å²) in [6, 6.07) is 0. The number of alkyl halides is 5. The lowest BCUT2D eigenvalue weighted by Crippen LogP contribution is -2.37. The van der Waals surface area contributed by atoms with Gasteiger partial charge in [-0.05, 0) is 11.6 Å². The number of carbonyl (C=O) groups excluding carboxylic acids is 1. The van der Waals surface area contributed by atoms with Crippen molar-refractivity contribution in [1.82, 2.24) is 0 Å². The Kier molecular flexibility index (Phi) is 3.73. The number of isocyanates is 1. The molecule has 0 heterocycles. The highest BCUT2D eigenvalue weighted by Gasteiger charge is 2.60. The van der Waals surface area contributed by atoms with Crippen LogP contribution in [0.15, 0.2) is 16.8 Å². The van der Waals surface area contributed by atoms with Crippen molar-refractivity contribution in [3.8, 4) is 0 Å². The Hall–Kier alpha value is -1.01. The Morgan fingerprint density at radius 1 is 1.21 bits per heavy atom. The van der Waals surface area contributed by atoms with Gasteiger partial charge in [0.25, 0.3) is 6.08 Å².